The molecule has 434 valence electrons. The highest BCUT2D eigenvalue weighted by Gasteiger charge is 2.35. The molecule has 18 N–H and O–H groups in total. The van der Waals surface area contributed by atoms with Crippen molar-refractivity contribution >= 4 is 77.1 Å². The van der Waals surface area contributed by atoms with Crippen LogP contribution in [0, 0.1) is 5.92 Å². The van der Waals surface area contributed by atoms with E-state index < -0.39 is 164 Å². The predicted octanol–water partition coefficient (Wildman–Crippen LogP) is -2.50. The highest BCUT2D eigenvalue weighted by atomic mass is 16.4. The van der Waals surface area contributed by atoms with E-state index in [1.54, 1.807) is 74.5 Å². The molecule has 0 saturated carbocycles. The first-order valence-electron chi connectivity index (χ1n) is 25.4. The number of hydrogen-bond donors (Lipinski definition) is 15. The SMILES string of the molecule is CC(C)C[C@H](NC(=O)[C@H](C)NC(=O)[C@@H](N)Cc1ccccc1)C(=O)N[C@@H](CCC(=O)O)C(=O)N[C@@H](CCC(=O)O)C(=O)N[C@@H](C)C(=O)N[C@@H](CCC(=O)O)C(=O)N[C@@H](Cc1ccccc1)C(=O)N[C@@H](CCCN=C(N)N)C(=O)O. The summed E-state index contributed by atoms with van der Waals surface area (Å²) in [4.78, 5) is 160. The molecule has 9 atom stereocenters. The number of amides is 8. The minimum Gasteiger partial charge on any atom is -0.481 e. The van der Waals surface area contributed by atoms with Crippen molar-refractivity contribution < 1.29 is 78.0 Å². The molecule has 0 aliphatic carbocycles. The third kappa shape index (κ3) is 26.3. The number of nitrogens with one attached hydrogen (secondary N) is 8. The normalized spacial score (nSPS) is 14.3. The van der Waals surface area contributed by atoms with E-state index in [0.29, 0.717) is 5.56 Å². The molecule has 0 fully saturated rings. The van der Waals surface area contributed by atoms with Crippen LogP contribution >= 0.6 is 0 Å². The van der Waals surface area contributed by atoms with E-state index >= 15 is 0 Å². The molecule has 2 aromatic rings. The topological polar surface area (TPSA) is 472 Å². The Balaban J connectivity index is 2.32. The Labute approximate surface area is 455 Å². The molecule has 28 heteroatoms. The van der Waals surface area contributed by atoms with Gasteiger partial charge in [-0.25, -0.2) is 4.79 Å². The van der Waals surface area contributed by atoms with Crippen LogP contribution in [0.25, 0.3) is 0 Å². The second-order valence-corrected chi connectivity index (χ2v) is 19.0. The highest BCUT2D eigenvalue weighted by molar-refractivity contribution is 5.98. The monoisotopic (exact) mass is 1110 g/mol. The van der Waals surface area contributed by atoms with Gasteiger partial charge in [-0.05, 0) is 75.8 Å². The summed E-state index contributed by atoms with van der Waals surface area (Å²) in [6.45, 7) is 5.97. The van der Waals surface area contributed by atoms with Gasteiger partial charge in [0.15, 0.2) is 5.96 Å². The van der Waals surface area contributed by atoms with Crippen molar-refractivity contribution in [1.82, 2.24) is 42.5 Å². The number of rotatable bonds is 36. The van der Waals surface area contributed by atoms with Crippen molar-refractivity contribution in [3.05, 3.63) is 71.8 Å². The fourth-order valence-corrected chi connectivity index (χ4v) is 7.54. The Kier molecular flexibility index (Phi) is 28.7. The van der Waals surface area contributed by atoms with E-state index in [0.717, 1.165) is 12.5 Å². The van der Waals surface area contributed by atoms with Crippen molar-refractivity contribution in [3.63, 3.8) is 0 Å². The second-order valence-electron chi connectivity index (χ2n) is 19.0. The van der Waals surface area contributed by atoms with Crippen LogP contribution in [0.2, 0.25) is 0 Å². The van der Waals surface area contributed by atoms with Crippen LogP contribution in [0.4, 0.5) is 0 Å². The third-order valence-corrected chi connectivity index (χ3v) is 11.8. The smallest absolute Gasteiger partial charge is 0.326 e. The molecule has 0 aromatic heterocycles. The molecular weight excluding hydrogens is 1040 g/mol. The molecule has 28 nitrogen and oxygen atoms in total. The van der Waals surface area contributed by atoms with Gasteiger partial charge in [-0.1, -0.05) is 74.5 Å². The minimum absolute atomic E-state index is 0.0120. The number of carbonyl (C=O) groups excluding carboxylic acids is 8. The number of carbonyl (C=O) groups is 12. The zero-order valence-corrected chi connectivity index (χ0v) is 44.4. The number of nitrogens with two attached hydrogens (primary N) is 3. The van der Waals surface area contributed by atoms with Crippen molar-refractivity contribution in [2.45, 2.75) is 153 Å². The molecule has 0 heterocycles. The lowest BCUT2D eigenvalue weighted by Crippen LogP contribution is -2.60. The lowest BCUT2D eigenvalue weighted by molar-refractivity contribution is -0.142. The van der Waals surface area contributed by atoms with Crippen molar-refractivity contribution in [2.24, 2.45) is 28.1 Å². The minimum atomic E-state index is -1.77. The number of hydrogen-bond acceptors (Lipinski definition) is 14. The summed E-state index contributed by atoms with van der Waals surface area (Å²) >= 11 is 0. The largest absolute Gasteiger partial charge is 0.481 e. The molecule has 0 radical (unpaired) electrons. The first-order chi connectivity index (χ1) is 37.2. The Hall–Kier alpha value is -8.69. The van der Waals surface area contributed by atoms with Crippen LogP contribution in [0.5, 0.6) is 0 Å². The Morgan fingerprint density at radius 1 is 0.443 bits per heavy atom. The summed E-state index contributed by atoms with van der Waals surface area (Å²) in [5, 5.41) is 57.5. The van der Waals surface area contributed by atoms with Gasteiger partial charge in [0.2, 0.25) is 47.3 Å². The van der Waals surface area contributed by atoms with Gasteiger partial charge in [-0.3, -0.25) is 57.7 Å². The summed E-state index contributed by atoms with van der Waals surface area (Å²) in [5.74, 6) is -14.0. The van der Waals surface area contributed by atoms with Gasteiger partial charge < -0.3 is 80.2 Å². The highest BCUT2D eigenvalue weighted by Crippen LogP contribution is 2.12. The van der Waals surface area contributed by atoms with E-state index in [1.807, 2.05) is 0 Å². The molecule has 0 spiro atoms. The maximum absolute atomic E-state index is 13.9. The van der Waals surface area contributed by atoms with Gasteiger partial charge in [-0.2, -0.15) is 0 Å². The lowest BCUT2D eigenvalue weighted by atomic mass is 10.0. The summed E-state index contributed by atoms with van der Waals surface area (Å²) in [5.41, 5.74) is 18.0. The number of carboxylic acid groups (broad SMARTS) is 4. The Bertz CT molecular complexity index is 2460. The molecule has 2 aromatic carbocycles. The molecular formula is C51H74N12O16. The molecule has 0 aliphatic rings. The van der Waals surface area contributed by atoms with Gasteiger partial charge in [0, 0.05) is 32.2 Å². The second kappa shape index (κ2) is 34.2. The van der Waals surface area contributed by atoms with Gasteiger partial charge in [0.25, 0.3) is 0 Å². The first kappa shape index (κ1) is 66.4. The van der Waals surface area contributed by atoms with Crippen LogP contribution in [-0.2, 0) is 70.4 Å². The Morgan fingerprint density at radius 3 is 1.22 bits per heavy atom. The molecule has 8 amide bonds. The molecule has 79 heavy (non-hydrogen) atoms. The lowest BCUT2D eigenvalue weighted by Gasteiger charge is -2.27. The molecule has 0 saturated heterocycles. The number of aliphatic imine (C=N–C) groups is 1. The average molecular weight is 1110 g/mol. The molecule has 0 bridgehead atoms. The fraction of sp³-hybridized carbons (Fsp3) is 0.510. The van der Waals surface area contributed by atoms with Gasteiger partial charge in [0.1, 0.15) is 48.3 Å². The predicted molar refractivity (Wildman–Crippen MR) is 283 cm³/mol. The number of benzene rings is 2. The zero-order valence-electron chi connectivity index (χ0n) is 44.4. The summed E-state index contributed by atoms with van der Waals surface area (Å²) in [7, 11) is 0. The van der Waals surface area contributed by atoms with Gasteiger partial charge in [-0.15, -0.1) is 0 Å². The van der Waals surface area contributed by atoms with E-state index in [9.17, 15) is 78.0 Å². The maximum Gasteiger partial charge on any atom is 0.326 e. The number of guanidine groups is 1. The summed E-state index contributed by atoms with van der Waals surface area (Å²) in [6, 6.07) is 3.76. The average Bonchev–Trinajstić information content (AvgIpc) is 3.38. The standard InChI is InChI=1S/C51H74N12O16/c1-27(2)24-37(62-43(71)28(3)56-44(72)32(52)25-30-12-7-5-8-13-30)48(76)60-35(19-22-41(68)69)46(74)59-33(17-20-39(64)65)45(73)57-29(4)42(70)58-34(18-21-40(66)67)47(75)63-38(26-31-14-9-6-10-15-31)49(77)61-36(50(78)79)16-11-23-55-51(53)54/h5-10,12-15,27-29,32-38H,11,16-26,52H2,1-4H3,(H,56,72)(H,57,73)(H,58,70)(H,59,74)(H,60,76)(H,61,77)(H,62,71)(H,63,75)(H,64,65)(H,66,67)(H,68,69)(H,78,79)(H4,53,54,55)/t28-,29-,32-,33-,34-,35-,36-,37-,38-/m0/s1. The number of nitrogens with zero attached hydrogens (tertiary/aromatic N) is 1. The van der Waals surface area contributed by atoms with Crippen LogP contribution in [-0.4, -0.2) is 158 Å². The van der Waals surface area contributed by atoms with Crippen LogP contribution < -0.4 is 59.7 Å². The summed E-state index contributed by atoms with van der Waals surface area (Å²) in [6.07, 6.45) is -3.90. The van der Waals surface area contributed by atoms with E-state index in [2.05, 4.69) is 47.5 Å². The van der Waals surface area contributed by atoms with E-state index in [1.165, 1.54) is 6.92 Å². The molecule has 0 unspecified atom stereocenters. The van der Waals surface area contributed by atoms with E-state index in [4.69, 9.17) is 17.2 Å². The molecule has 2 rings (SSSR count). The molecule has 0 aliphatic heterocycles. The first-order valence-corrected chi connectivity index (χ1v) is 25.4. The maximum atomic E-state index is 13.9. The van der Waals surface area contributed by atoms with Crippen molar-refractivity contribution in [2.75, 3.05) is 6.54 Å². The van der Waals surface area contributed by atoms with Gasteiger partial charge >= 0.3 is 23.9 Å². The van der Waals surface area contributed by atoms with E-state index in [-0.39, 0.29) is 50.5 Å². The zero-order chi connectivity index (χ0) is 59.4. The number of aliphatic carboxylic acids is 4. The summed E-state index contributed by atoms with van der Waals surface area (Å²) < 4.78 is 0. The van der Waals surface area contributed by atoms with Gasteiger partial charge in [0.05, 0.1) is 6.04 Å². The third-order valence-electron chi connectivity index (χ3n) is 11.8. The fourth-order valence-electron chi connectivity index (χ4n) is 7.54. The number of carboxylic acids is 4. The Morgan fingerprint density at radius 2 is 0.797 bits per heavy atom. The van der Waals surface area contributed by atoms with Crippen LogP contribution in [0.1, 0.15) is 96.6 Å². The van der Waals surface area contributed by atoms with Crippen LogP contribution in [0.15, 0.2) is 65.7 Å². The quantitative estimate of drug-likeness (QED) is 0.0190. The van der Waals surface area contributed by atoms with Crippen LogP contribution in [0.3, 0.4) is 0 Å². The van der Waals surface area contributed by atoms with Crippen molar-refractivity contribution in [3.8, 4) is 0 Å². The van der Waals surface area contributed by atoms with Crippen molar-refractivity contribution in [1.29, 1.82) is 0 Å².